The molecule has 0 atom stereocenters. The maximum atomic E-state index is 12.7. The Bertz CT molecular complexity index is 1050. The van der Waals surface area contributed by atoms with Crippen LogP contribution in [0.2, 0.25) is 0 Å². The number of carbonyl (C=O) groups is 1. The predicted octanol–water partition coefficient (Wildman–Crippen LogP) is 3.41. The van der Waals surface area contributed by atoms with Gasteiger partial charge in [-0.1, -0.05) is 18.2 Å². The number of halogens is 2. The number of aromatic nitrogens is 2. The van der Waals surface area contributed by atoms with E-state index >= 15 is 0 Å². The van der Waals surface area contributed by atoms with E-state index in [1.165, 1.54) is 18.2 Å². The first-order valence-electron chi connectivity index (χ1n) is 9.06. The van der Waals surface area contributed by atoms with Crippen molar-refractivity contribution < 1.29 is 18.3 Å². The minimum absolute atomic E-state index is 0.00111. The highest BCUT2D eigenvalue weighted by molar-refractivity contribution is 5.94. The fraction of sp³-hybridized carbons (Fsp3) is 0.300. The van der Waals surface area contributed by atoms with Crippen LogP contribution in [0.5, 0.6) is 5.75 Å². The van der Waals surface area contributed by atoms with Crippen molar-refractivity contribution in [1.29, 1.82) is 0 Å². The van der Waals surface area contributed by atoms with Crippen LogP contribution in [0, 0.1) is 0 Å². The Morgan fingerprint density at radius 2 is 1.86 bits per heavy atom. The third-order valence-corrected chi connectivity index (χ3v) is 5.05. The van der Waals surface area contributed by atoms with E-state index in [1.54, 1.807) is 15.5 Å². The molecule has 1 N–H and O–H groups in total. The predicted molar refractivity (Wildman–Crippen MR) is 99.8 cm³/mol. The molecule has 0 unspecified atom stereocenters. The number of H-pyrrole nitrogens is 1. The first-order valence-corrected chi connectivity index (χ1v) is 9.06. The molecule has 1 amide bonds. The average Bonchev–Trinajstić information content (AvgIpc) is 3.03. The zero-order valence-corrected chi connectivity index (χ0v) is 15.0. The van der Waals surface area contributed by atoms with E-state index in [0.717, 1.165) is 11.0 Å². The average molecular weight is 387 g/mol. The van der Waals surface area contributed by atoms with E-state index in [-0.39, 0.29) is 23.4 Å². The minimum atomic E-state index is -2.93. The molecule has 3 aromatic rings. The van der Waals surface area contributed by atoms with Crippen LogP contribution in [0.4, 0.5) is 8.78 Å². The quantitative estimate of drug-likeness (QED) is 0.746. The molecule has 0 saturated carbocycles. The van der Waals surface area contributed by atoms with E-state index in [9.17, 15) is 18.4 Å². The number of rotatable bonds is 4. The summed E-state index contributed by atoms with van der Waals surface area (Å²) in [5.41, 5.74) is 1.81. The number of benzene rings is 2. The minimum Gasteiger partial charge on any atom is -0.435 e. The number of aromatic amines is 1. The Balaban J connectivity index is 1.47. The van der Waals surface area contributed by atoms with Gasteiger partial charge in [0.1, 0.15) is 5.75 Å². The summed E-state index contributed by atoms with van der Waals surface area (Å²) in [4.78, 5) is 29.6. The Labute approximate surface area is 159 Å². The molecule has 1 aromatic heterocycles. The smallest absolute Gasteiger partial charge is 0.387 e. The fourth-order valence-corrected chi connectivity index (χ4v) is 3.75. The highest BCUT2D eigenvalue weighted by Gasteiger charge is 2.26. The van der Waals surface area contributed by atoms with E-state index < -0.39 is 6.61 Å². The molecule has 146 valence electrons. The second kappa shape index (κ2) is 7.46. The number of carbonyl (C=O) groups excluding carboxylic acids is 1. The maximum absolute atomic E-state index is 12.7. The van der Waals surface area contributed by atoms with Gasteiger partial charge in [0.25, 0.3) is 5.91 Å². The van der Waals surface area contributed by atoms with E-state index in [2.05, 4.69) is 9.72 Å². The van der Waals surface area contributed by atoms with Crippen LogP contribution in [0.15, 0.2) is 53.3 Å². The van der Waals surface area contributed by atoms with Gasteiger partial charge >= 0.3 is 12.3 Å². The zero-order valence-electron chi connectivity index (χ0n) is 15.0. The van der Waals surface area contributed by atoms with Crippen molar-refractivity contribution >= 4 is 16.9 Å². The van der Waals surface area contributed by atoms with Crippen molar-refractivity contribution in [2.75, 3.05) is 13.1 Å². The molecule has 2 heterocycles. The second-order valence-electron chi connectivity index (χ2n) is 6.75. The van der Waals surface area contributed by atoms with Crippen molar-refractivity contribution in [3.05, 3.63) is 64.6 Å². The summed E-state index contributed by atoms with van der Waals surface area (Å²) >= 11 is 0. The number of nitrogens with zero attached hydrogens (tertiary/aromatic N) is 2. The number of imidazole rings is 1. The lowest BCUT2D eigenvalue weighted by Crippen LogP contribution is -2.40. The highest BCUT2D eigenvalue weighted by Crippen LogP contribution is 2.26. The van der Waals surface area contributed by atoms with E-state index in [0.29, 0.717) is 31.5 Å². The summed E-state index contributed by atoms with van der Waals surface area (Å²) in [6, 6.07) is 13.3. The Kier molecular flexibility index (Phi) is 4.85. The van der Waals surface area contributed by atoms with Crippen LogP contribution in [-0.4, -0.2) is 40.1 Å². The molecule has 1 saturated heterocycles. The van der Waals surface area contributed by atoms with Gasteiger partial charge in [0.05, 0.1) is 11.0 Å². The van der Waals surface area contributed by atoms with Crippen LogP contribution in [0.25, 0.3) is 11.0 Å². The van der Waals surface area contributed by atoms with Crippen LogP contribution < -0.4 is 10.4 Å². The van der Waals surface area contributed by atoms with Crippen LogP contribution in [0.3, 0.4) is 0 Å². The van der Waals surface area contributed by atoms with Crippen molar-refractivity contribution in [2.45, 2.75) is 25.5 Å². The number of hydrogen-bond donors (Lipinski definition) is 1. The summed E-state index contributed by atoms with van der Waals surface area (Å²) < 4.78 is 30.9. The molecule has 1 fully saturated rings. The third-order valence-electron chi connectivity index (χ3n) is 5.05. The fourth-order valence-electron chi connectivity index (χ4n) is 3.75. The molecular weight excluding hydrogens is 368 g/mol. The molecule has 4 rings (SSSR count). The number of piperidine rings is 1. The van der Waals surface area contributed by atoms with Crippen LogP contribution in [0.1, 0.15) is 29.2 Å². The largest absolute Gasteiger partial charge is 0.435 e. The lowest BCUT2D eigenvalue weighted by atomic mass is 10.0. The normalized spacial score (nSPS) is 15.3. The van der Waals surface area contributed by atoms with Gasteiger partial charge < -0.3 is 14.6 Å². The second-order valence-corrected chi connectivity index (χ2v) is 6.75. The van der Waals surface area contributed by atoms with Crippen molar-refractivity contribution in [1.82, 2.24) is 14.5 Å². The van der Waals surface area contributed by atoms with Gasteiger partial charge in [0.2, 0.25) is 0 Å². The maximum Gasteiger partial charge on any atom is 0.387 e. The molecular formula is C20H19F2N3O3. The van der Waals surface area contributed by atoms with Gasteiger partial charge in [-0.2, -0.15) is 8.78 Å². The van der Waals surface area contributed by atoms with Crippen LogP contribution >= 0.6 is 0 Å². The number of ether oxygens (including phenoxy) is 1. The van der Waals surface area contributed by atoms with Gasteiger partial charge in [-0.3, -0.25) is 9.36 Å². The Morgan fingerprint density at radius 1 is 1.11 bits per heavy atom. The molecule has 8 heteroatoms. The summed E-state index contributed by atoms with van der Waals surface area (Å²) in [7, 11) is 0. The van der Waals surface area contributed by atoms with Gasteiger partial charge in [-0.05, 0) is 43.2 Å². The first kappa shape index (κ1) is 18.2. The topological polar surface area (TPSA) is 67.3 Å². The molecule has 0 radical (unpaired) electrons. The molecule has 6 nitrogen and oxygen atoms in total. The van der Waals surface area contributed by atoms with E-state index in [4.69, 9.17) is 0 Å². The van der Waals surface area contributed by atoms with E-state index in [1.807, 2.05) is 24.3 Å². The summed E-state index contributed by atoms with van der Waals surface area (Å²) in [5.74, 6) is -0.273. The lowest BCUT2D eigenvalue weighted by molar-refractivity contribution is -0.0499. The SMILES string of the molecule is O=C(c1cccc(OC(F)F)c1)N1CCC(n2c(=O)[nH]c3ccccc32)CC1. The molecule has 2 aromatic carbocycles. The van der Waals surface area contributed by atoms with Gasteiger partial charge in [0, 0.05) is 24.7 Å². The molecule has 1 aliphatic heterocycles. The van der Waals surface area contributed by atoms with Crippen molar-refractivity contribution in [2.24, 2.45) is 0 Å². The number of para-hydroxylation sites is 2. The standard InChI is InChI=1S/C20H19F2N3O3/c21-19(22)28-15-5-3-4-13(12-15)18(26)24-10-8-14(9-11-24)25-17-7-2-1-6-16(17)23-20(25)27/h1-7,12,14,19H,8-11H2,(H,23,27). The number of hydrogen-bond acceptors (Lipinski definition) is 3. The van der Waals surface area contributed by atoms with Gasteiger partial charge in [-0.15, -0.1) is 0 Å². The monoisotopic (exact) mass is 387 g/mol. The number of fused-ring (bicyclic) bond motifs is 1. The highest BCUT2D eigenvalue weighted by atomic mass is 19.3. The summed E-state index contributed by atoms with van der Waals surface area (Å²) in [6.45, 7) is -1.97. The molecule has 0 spiro atoms. The lowest BCUT2D eigenvalue weighted by Gasteiger charge is -2.32. The molecule has 0 aliphatic carbocycles. The number of nitrogens with one attached hydrogen (secondary N) is 1. The summed E-state index contributed by atoms with van der Waals surface area (Å²) in [5, 5.41) is 0. The number of alkyl halides is 2. The molecule has 1 aliphatic rings. The Hall–Kier alpha value is -3.16. The summed E-state index contributed by atoms with van der Waals surface area (Å²) in [6.07, 6.45) is 1.28. The number of amides is 1. The molecule has 28 heavy (non-hydrogen) atoms. The first-order chi connectivity index (χ1) is 13.5. The zero-order chi connectivity index (χ0) is 19.7. The molecule has 0 bridgehead atoms. The van der Waals surface area contributed by atoms with Crippen LogP contribution in [-0.2, 0) is 0 Å². The van der Waals surface area contributed by atoms with Gasteiger partial charge in [0.15, 0.2) is 0 Å². The van der Waals surface area contributed by atoms with Gasteiger partial charge in [-0.25, -0.2) is 4.79 Å². The number of likely N-dealkylation sites (tertiary alicyclic amines) is 1. The van der Waals surface area contributed by atoms with Crippen molar-refractivity contribution in [3.63, 3.8) is 0 Å². The third kappa shape index (κ3) is 3.49. The Morgan fingerprint density at radius 3 is 2.61 bits per heavy atom. The van der Waals surface area contributed by atoms with Crippen molar-refractivity contribution in [3.8, 4) is 5.75 Å².